The van der Waals surface area contributed by atoms with Gasteiger partial charge in [-0.3, -0.25) is 0 Å². The van der Waals surface area contributed by atoms with Crippen molar-refractivity contribution >= 4 is 37.4 Å². The van der Waals surface area contributed by atoms with Crippen LogP contribution in [0.3, 0.4) is 0 Å². The van der Waals surface area contributed by atoms with E-state index in [9.17, 15) is 0 Å². The molecule has 0 nitrogen and oxygen atoms in total. The topological polar surface area (TPSA) is 0 Å². The molecule has 0 saturated heterocycles. The van der Waals surface area contributed by atoms with Crippen LogP contribution in [-0.4, -0.2) is 0 Å². The highest BCUT2D eigenvalue weighted by Gasteiger charge is 2.03. The zero-order chi connectivity index (χ0) is 11.0. The number of benzene rings is 2. The summed E-state index contributed by atoms with van der Waals surface area (Å²) in [7, 11) is 0. The van der Waals surface area contributed by atoms with E-state index in [1.807, 2.05) is 0 Å². The van der Waals surface area contributed by atoms with Crippen LogP contribution < -0.4 is 0 Å². The van der Waals surface area contributed by atoms with Crippen molar-refractivity contribution in [1.29, 1.82) is 0 Å². The van der Waals surface area contributed by atoms with Crippen LogP contribution in [0.15, 0.2) is 53.0 Å². The third-order valence-electron chi connectivity index (χ3n) is 2.59. The van der Waals surface area contributed by atoms with Crippen LogP contribution >= 0.6 is 27.3 Å². The average Bonchev–Trinajstić information content (AvgIpc) is 2.78. The van der Waals surface area contributed by atoms with E-state index in [1.165, 1.54) is 21.2 Å². The molecule has 0 amide bonds. The van der Waals surface area contributed by atoms with Crippen LogP contribution in [0.2, 0.25) is 0 Å². The van der Waals surface area contributed by atoms with Gasteiger partial charge in [-0.1, -0.05) is 40.2 Å². The number of halogens is 1. The molecule has 1 aromatic heterocycles. The molecule has 77 valence electrons. The van der Waals surface area contributed by atoms with Crippen molar-refractivity contribution in [2.75, 3.05) is 0 Å². The van der Waals surface area contributed by atoms with Crippen LogP contribution in [0, 0.1) is 5.38 Å². The summed E-state index contributed by atoms with van der Waals surface area (Å²) >= 11 is 5.12. The highest BCUT2D eigenvalue weighted by atomic mass is 79.9. The van der Waals surface area contributed by atoms with E-state index in [1.54, 1.807) is 11.3 Å². The summed E-state index contributed by atoms with van der Waals surface area (Å²) in [4.78, 5) is 0. The lowest BCUT2D eigenvalue weighted by molar-refractivity contribution is 1.63. The Bertz CT molecular complexity index is 623. The number of rotatable bonds is 1. The van der Waals surface area contributed by atoms with Crippen LogP contribution in [0.25, 0.3) is 21.2 Å². The van der Waals surface area contributed by atoms with Gasteiger partial charge in [0.05, 0.1) is 0 Å². The summed E-state index contributed by atoms with van der Waals surface area (Å²) in [5, 5.41) is 4.48. The quantitative estimate of drug-likeness (QED) is 0.582. The van der Waals surface area contributed by atoms with Gasteiger partial charge in [0, 0.05) is 19.9 Å². The van der Waals surface area contributed by atoms with Gasteiger partial charge in [-0.25, -0.2) is 0 Å². The molecular weight excluding hydrogens is 280 g/mol. The first-order valence-electron chi connectivity index (χ1n) is 4.99. The second kappa shape index (κ2) is 4.04. The summed E-state index contributed by atoms with van der Waals surface area (Å²) in [6.07, 6.45) is 0. The van der Waals surface area contributed by atoms with E-state index in [-0.39, 0.29) is 0 Å². The normalized spacial score (nSPS) is 10.8. The minimum atomic E-state index is 1.11. The molecule has 0 bridgehead atoms. The van der Waals surface area contributed by atoms with E-state index >= 15 is 0 Å². The lowest BCUT2D eigenvalue weighted by Crippen LogP contribution is -1.77. The molecule has 0 fully saturated rings. The number of fused-ring (bicyclic) bond motifs is 1. The molecule has 0 aliphatic heterocycles. The lowest BCUT2D eigenvalue weighted by atomic mass is 10.0. The zero-order valence-corrected chi connectivity index (χ0v) is 10.8. The molecule has 0 aliphatic rings. The Morgan fingerprint density at radius 3 is 2.62 bits per heavy atom. The van der Waals surface area contributed by atoms with Crippen molar-refractivity contribution in [3.05, 3.63) is 58.4 Å². The number of hydrogen-bond donors (Lipinski definition) is 0. The monoisotopic (exact) mass is 287 g/mol. The third-order valence-corrected chi connectivity index (χ3v) is 3.93. The maximum atomic E-state index is 3.46. The summed E-state index contributed by atoms with van der Waals surface area (Å²) in [6.45, 7) is 0. The van der Waals surface area contributed by atoms with Gasteiger partial charge in [0.1, 0.15) is 0 Å². The fourth-order valence-electron chi connectivity index (χ4n) is 1.81. The largest absolute Gasteiger partial charge is 0.134 e. The first-order chi connectivity index (χ1) is 7.84. The van der Waals surface area contributed by atoms with Gasteiger partial charge in [-0.2, -0.15) is 0 Å². The smallest absolute Gasteiger partial charge is 0.0455 e. The fraction of sp³-hybridized carbons (Fsp3) is 0. The minimum Gasteiger partial charge on any atom is -0.134 e. The van der Waals surface area contributed by atoms with Crippen LogP contribution in [0.5, 0.6) is 0 Å². The van der Waals surface area contributed by atoms with E-state index in [0.29, 0.717) is 0 Å². The maximum Gasteiger partial charge on any atom is 0.0455 e. The predicted molar refractivity (Wildman–Crippen MR) is 73.8 cm³/mol. The van der Waals surface area contributed by atoms with Gasteiger partial charge >= 0.3 is 0 Å². The van der Waals surface area contributed by atoms with E-state index in [0.717, 1.165) is 4.47 Å². The van der Waals surface area contributed by atoms with Crippen molar-refractivity contribution in [3.8, 4) is 11.1 Å². The SMILES string of the molecule is Brc1ccc(-c2cccc3s[c]cc23)cc1. The molecule has 0 atom stereocenters. The van der Waals surface area contributed by atoms with Crippen LogP contribution in [0.4, 0.5) is 0 Å². The molecule has 0 unspecified atom stereocenters. The van der Waals surface area contributed by atoms with Crippen molar-refractivity contribution < 1.29 is 0 Å². The number of hydrogen-bond acceptors (Lipinski definition) is 1. The molecule has 0 saturated carbocycles. The van der Waals surface area contributed by atoms with Gasteiger partial charge in [0.2, 0.25) is 0 Å². The Morgan fingerprint density at radius 1 is 1.00 bits per heavy atom. The zero-order valence-electron chi connectivity index (χ0n) is 8.41. The Kier molecular flexibility index (Phi) is 2.54. The highest BCUT2D eigenvalue weighted by molar-refractivity contribution is 9.10. The maximum absolute atomic E-state index is 3.46. The van der Waals surface area contributed by atoms with Crippen molar-refractivity contribution in [1.82, 2.24) is 0 Å². The van der Waals surface area contributed by atoms with E-state index < -0.39 is 0 Å². The molecule has 3 rings (SSSR count). The second-order valence-electron chi connectivity index (χ2n) is 3.59. The molecule has 0 spiro atoms. The summed E-state index contributed by atoms with van der Waals surface area (Å²) < 4.78 is 2.40. The molecule has 1 heterocycles. The lowest BCUT2D eigenvalue weighted by Gasteiger charge is -2.03. The summed E-state index contributed by atoms with van der Waals surface area (Å²) in [5.74, 6) is 0. The van der Waals surface area contributed by atoms with Crippen LogP contribution in [0.1, 0.15) is 0 Å². The van der Waals surface area contributed by atoms with Gasteiger partial charge in [-0.15, -0.1) is 11.3 Å². The molecular formula is C14H8BrS. The Morgan fingerprint density at radius 2 is 1.81 bits per heavy atom. The summed E-state index contributed by atoms with van der Waals surface area (Å²) in [6, 6.07) is 16.9. The average molecular weight is 288 g/mol. The van der Waals surface area contributed by atoms with Crippen molar-refractivity contribution in [2.24, 2.45) is 0 Å². The standard InChI is InChI=1S/C14H8BrS/c15-11-6-4-10(5-7-11)12-2-1-3-14-13(12)8-9-16-14/h1-8H. The molecule has 2 aromatic carbocycles. The predicted octanol–water partition coefficient (Wildman–Crippen LogP) is 5.13. The molecule has 16 heavy (non-hydrogen) atoms. The molecule has 0 aliphatic carbocycles. The van der Waals surface area contributed by atoms with Gasteiger partial charge in [0.15, 0.2) is 0 Å². The number of thiophene rings is 1. The molecule has 2 heteroatoms. The molecule has 3 aromatic rings. The fourth-order valence-corrected chi connectivity index (χ4v) is 2.81. The highest BCUT2D eigenvalue weighted by Crippen LogP contribution is 2.31. The second-order valence-corrected chi connectivity index (χ2v) is 5.38. The molecule has 1 radical (unpaired) electrons. The Labute approximate surface area is 107 Å². The first kappa shape index (κ1) is 10.1. The van der Waals surface area contributed by atoms with Gasteiger partial charge in [-0.05, 0) is 35.4 Å². The summed E-state index contributed by atoms with van der Waals surface area (Å²) in [5.41, 5.74) is 2.53. The van der Waals surface area contributed by atoms with Crippen molar-refractivity contribution in [2.45, 2.75) is 0 Å². The van der Waals surface area contributed by atoms with Gasteiger partial charge < -0.3 is 0 Å². The first-order valence-corrected chi connectivity index (χ1v) is 6.60. The Balaban J connectivity index is 2.25. The van der Waals surface area contributed by atoms with E-state index in [2.05, 4.69) is 69.8 Å². The van der Waals surface area contributed by atoms with Crippen molar-refractivity contribution in [3.63, 3.8) is 0 Å². The van der Waals surface area contributed by atoms with Gasteiger partial charge in [0.25, 0.3) is 0 Å². The Hall–Kier alpha value is -1.12. The minimum absolute atomic E-state index is 1.11. The van der Waals surface area contributed by atoms with Crippen LogP contribution in [-0.2, 0) is 0 Å². The molecule has 0 N–H and O–H groups in total. The third kappa shape index (κ3) is 1.68. The van der Waals surface area contributed by atoms with E-state index in [4.69, 9.17) is 0 Å².